The lowest BCUT2D eigenvalue weighted by Crippen LogP contribution is -2.13. The molecule has 0 saturated carbocycles. The van der Waals surface area contributed by atoms with E-state index in [0.717, 1.165) is 12.0 Å². The van der Waals surface area contributed by atoms with Crippen molar-refractivity contribution < 1.29 is 13.2 Å². The van der Waals surface area contributed by atoms with Crippen LogP contribution in [0.15, 0.2) is 53.7 Å². The highest BCUT2D eigenvalue weighted by Crippen LogP contribution is 2.29. The maximum atomic E-state index is 13.0. The van der Waals surface area contributed by atoms with Crippen molar-refractivity contribution in [1.82, 2.24) is 8.96 Å². The van der Waals surface area contributed by atoms with E-state index >= 15 is 0 Å². The van der Waals surface area contributed by atoms with E-state index in [4.69, 9.17) is 4.74 Å². The molecule has 2 aromatic carbocycles. The zero-order valence-electron chi connectivity index (χ0n) is 12.4. The molecule has 3 aromatic rings. The third-order valence-corrected chi connectivity index (χ3v) is 5.28. The molecule has 22 heavy (non-hydrogen) atoms. The average Bonchev–Trinajstić information content (AvgIpc) is 2.99. The van der Waals surface area contributed by atoms with Crippen LogP contribution in [0, 0.1) is 0 Å². The van der Waals surface area contributed by atoms with Gasteiger partial charge in [-0.3, -0.25) is 0 Å². The zero-order valence-corrected chi connectivity index (χ0v) is 13.2. The van der Waals surface area contributed by atoms with Crippen molar-refractivity contribution in [2.24, 2.45) is 0 Å². The highest BCUT2D eigenvalue weighted by molar-refractivity contribution is 7.90. The van der Waals surface area contributed by atoms with Crippen molar-refractivity contribution in [3.8, 4) is 5.75 Å². The molecule has 0 unspecified atom stereocenters. The predicted octanol–water partition coefficient (Wildman–Crippen LogP) is 2.84. The summed E-state index contributed by atoms with van der Waals surface area (Å²) in [7, 11) is -2.30. The van der Waals surface area contributed by atoms with Crippen LogP contribution in [0.3, 0.4) is 0 Å². The van der Waals surface area contributed by atoms with Gasteiger partial charge >= 0.3 is 0 Å². The summed E-state index contributed by atoms with van der Waals surface area (Å²) in [5.74, 6) is 0.329. The Hall–Kier alpha value is -2.34. The van der Waals surface area contributed by atoms with E-state index in [1.807, 2.05) is 19.1 Å². The summed E-state index contributed by atoms with van der Waals surface area (Å²) in [5, 5.41) is 0. The fourth-order valence-corrected chi connectivity index (χ4v) is 3.88. The van der Waals surface area contributed by atoms with E-state index < -0.39 is 10.0 Å². The van der Waals surface area contributed by atoms with Crippen molar-refractivity contribution in [1.29, 1.82) is 0 Å². The Morgan fingerprint density at radius 1 is 1.18 bits per heavy atom. The standard InChI is InChI=1S/C16H16N2O3S/c1-3-12-8-9-15(21-2)16(10-12)22(19,20)18-11-17-13-6-4-5-7-14(13)18/h4-11H,3H2,1-2H3. The molecule has 1 heterocycles. The van der Waals surface area contributed by atoms with Gasteiger partial charge in [0.05, 0.1) is 18.1 Å². The smallest absolute Gasteiger partial charge is 0.273 e. The summed E-state index contributed by atoms with van der Waals surface area (Å²) in [6, 6.07) is 12.3. The van der Waals surface area contributed by atoms with Gasteiger partial charge < -0.3 is 4.74 Å². The third-order valence-electron chi connectivity index (χ3n) is 3.59. The van der Waals surface area contributed by atoms with Gasteiger partial charge in [-0.1, -0.05) is 25.1 Å². The third kappa shape index (κ3) is 2.25. The van der Waals surface area contributed by atoms with Crippen molar-refractivity contribution in [2.45, 2.75) is 18.2 Å². The summed E-state index contributed by atoms with van der Waals surface area (Å²) in [6.45, 7) is 1.98. The quantitative estimate of drug-likeness (QED) is 0.742. The number of nitrogens with zero attached hydrogens (tertiary/aromatic N) is 2. The fraction of sp³-hybridized carbons (Fsp3) is 0.188. The van der Waals surface area contributed by atoms with Crippen LogP contribution in [-0.4, -0.2) is 24.5 Å². The van der Waals surface area contributed by atoms with E-state index in [1.54, 1.807) is 30.3 Å². The SMILES string of the molecule is CCc1ccc(OC)c(S(=O)(=O)n2cnc3ccccc32)c1. The van der Waals surface area contributed by atoms with E-state index in [-0.39, 0.29) is 4.90 Å². The van der Waals surface area contributed by atoms with Crippen LogP contribution >= 0.6 is 0 Å². The number of hydrogen-bond acceptors (Lipinski definition) is 4. The second-order valence-electron chi connectivity index (χ2n) is 4.87. The van der Waals surface area contributed by atoms with E-state index in [0.29, 0.717) is 16.8 Å². The van der Waals surface area contributed by atoms with Gasteiger partial charge in [-0.15, -0.1) is 0 Å². The number of para-hydroxylation sites is 2. The van der Waals surface area contributed by atoms with Gasteiger partial charge in [-0.25, -0.2) is 17.4 Å². The maximum absolute atomic E-state index is 13.0. The lowest BCUT2D eigenvalue weighted by atomic mass is 10.2. The highest BCUT2D eigenvalue weighted by Gasteiger charge is 2.24. The minimum Gasteiger partial charge on any atom is -0.495 e. The van der Waals surface area contributed by atoms with E-state index in [2.05, 4.69) is 4.98 Å². The molecule has 0 atom stereocenters. The first kappa shape index (κ1) is 14.6. The van der Waals surface area contributed by atoms with E-state index in [1.165, 1.54) is 17.4 Å². The Morgan fingerprint density at radius 3 is 2.68 bits per heavy atom. The molecule has 0 aliphatic rings. The fourth-order valence-electron chi connectivity index (χ4n) is 2.38. The minimum absolute atomic E-state index is 0.150. The molecule has 6 heteroatoms. The molecule has 3 rings (SSSR count). The van der Waals surface area contributed by atoms with E-state index in [9.17, 15) is 8.42 Å². The van der Waals surface area contributed by atoms with Crippen molar-refractivity contribution in [2.75, 3.05) is 7.11 Å². The van der Waals surface area contributed by atoms with Crippen LogP contribution in [0.4, 0.5) is 0 Å². The lowest BCUT2D eigenvalue weighted by Gasteiger charge is -2.12. The van der Waals surface area contributed by atoms with Crippen LogP contribution in [0.2, 0.25) is 0 Å². The molecule has 0 bridgehead atoms. The number of hydrogen-bond donors (Lipinski definition) is 0. The largest absolute Gasteiger partial charge is 0.495 e. The van der Waals surface area contributed by atoms with Crippen molar-refractivity contribution >= 4 is 21.1 Å². The Kier molecular flexibility index (Phi) is 3.62. The number of aryl methyl sites for hydroxylation is 1. The Bertz CT molecular complexity index is 929. The van der Waals surface area contributed by atoms with Crippen LogP contribution in [0.5, 0.6) is 5.75 Å². The van der Waals surface area contributed by atoms with Gasteiger partial charge in [0.25, 0.3) is 10.0 Å². The molecule has 114 valence electrons. The Balaban J connectivity index is 2.26. The van der Waals surface area contributed by atoms with Gasteiger partial charge in [0.2, 0.25) is 0 Å². The summed E-state index contributed by atoms with van der Waals surface area (Å²) in [4.78, 5) is 4.30. The van der Waals surface area contributed by atoms with Crippen molar-refractivity contribution in [3.63, 3.8) is 0 Å². The number of rotatable bonds is 4. The second kappa shape index (κ2) is 5.46. The molecule has 1 aromatic heterocycles. The molecule has 0 N–H and O–H groups in total. The first-order valence-corrected chi connectivity index (χ1v) is 8.36. The molecule has 0 amide bonds. The zero-order chi connectivity index (χ0) is 15.7. The van der Waals surface area contributed by atoms with Gasteiger partial charge in [-0.2, -0.15) is 0 Å². The van der Waals surface area contributed by atoms with Gasteiger partial charge in [-0.05, 0) is 36.2 Å². The Labute approximate surface area is 129 Å². The van der Waals surface area contributed by atoms with Crippen LogP contribution in [0.25, 0.3) is 11.0 Å². The molecule has 5 nitrogen and oxygen atoms in total. The predicted molar refractivity (Wildman–Crippen MR) is 84.7 cm³/mol. The number of aromatic nitrogens is 2. The van der Waals surface area contributed by atoms with Gasteiger partial charge in [0.1, 0.15) is 17.0 Å². The number of benzene rings is 2. The maximum Gasteiger partial charge on any atom is 0.273 e. The lowest BCUT2D eigenvalue weighted by molar-refractivity contribution is 0.402. The second-order valence-corrected chi connectivity index (χ2v) is 6.66. The van der Waals surface area contributed by atoms with Crippen LogP contribution in [0.1, 0.15) is 12.5 Å². The summed E-state index contributed by atoms with van der Waals surface area (Å²) in [6.07, 6.45) is 2.08. The minimum atomic E-state index is -3.77. The monoisotopic (exact) mass is 316 g/mol. The molecule has 0 radical (unpaired) electrons. The molecule has 0 saturated heterocycles. The number of fused-ring (bicyclic) bond motifs is 1. The molecule has 0 spiro atoms. The normalized spacial score (nSPS) is 11.7. The summed E-state index contributed by atoms with van der Waals surface area (Å²) < 4.78 is 32.4. The van der Waals surface area contributed by atoms with Gasteiger partial charge in [0.15, 0.2) is 0 Å². The summed E-state index contributed by atoms with van der Waals surface area (Å²) in [5.41, 5.74) is 2.12. The van der Waals surface area contributed by atoms with Crippen molar-refractivity contribution in [3.05, 3.63) is 54.4 Å². The van der Waals surface area contributed by atoms with Crippen LogP contribution < -0.4 is 4.74 Å². The molecule has 0 aliphatic carbocycles. The topological polar surface area (TPSA) is 61.2 Å². The summed E-state index contributed by atoms with van der Waals surface area (Å²) >= 11 is 0. The number of ether oxygens (including phenoxy) is 1. The van der Waals surface area contributed by atoms with Crippen LogP contribution in [-0.2, 0) is 16.4 Å². The molecular weight excluding hydrogens is 300 g/mol. The highest BCUT2D eigenvalue weighted by atomic mass is 32.2. The Morgan fingerprint density at radius 2 is 1.95 bits per heavy atom. The first-order chi connectivity index (χ1) is 10.6. The first-order valence-electron chi connectivity index (χ1n) is 6.92. The number of methoxy groups -OCH3 is 1. The molecule has 0 fully saturated rings. The number of imidazole rings is 1. The molecular formula is C16H16N2O3S. The molecule has 0 aliphatic heterocycles. The average molecular weight is 316 g/mol. The van der Waals surface area contributed by atoms with Gasteiger partial charge in [0, 0.05) is 0 Å².